The molecule has 1 heterocycles. The maximum Gasteiger partial charge on any atom is 0.336 e. The molecule has 3 heteroatoms. The number of carboxylic acids is 1. The zero-order valence-electron chi connectivity index (χ0n) is 6.07. The summed E-state index contributed by atoms with van der Waals surface area (Å²) in [4.78, 5) is 10.7. The van der Waals surface area contributed by atoms with E-state index in [9.17, 15) is 4.79 Å². The average Bonchev–Trinajstić information content (AvgIpc) is 2.49. The molecule has 59 valence electrons. The lowest BCUT2D eigenvalue weighted by molar-refractivity contribution is 0.0699. The highest BCUT2D eigenvalue weighted by Gasteiger charge is 2.07. The van der Waals surface area contributed by atoms with Gasteiger partial charge in [-0.05, 0) is 6.07 Å². The van der Waals surface area contributed by atoms with Crippen LogP contribution in [0.15, 0.2) is 23.6 Å². The van der Waals surface area contributed by atoms with Crippen molar-refractivity contribution in [1.29, 1.82) is 0 Å². The fourth-order valence-corrected chi connectivity index (χ4v) is 1.86. The van der Waals surface area contributed by atoms with Crippen molar-refractivity contribution in [2.75, 3.05) is 0 Å². The van der Waals surface area contributed by atoms with Crippen molar-refractivity contribution in [3.8, 4) is 0 Å². The number of rotatable bonds is 1. The Bertz CT molecular complexity index is 431. The van der Waals surface area contributed by atoms with Gasteiger partial charge in [-0.3, -0.25) is 0 Å². The molecule has 2 aromatic rings. The third kappa shape index (κ3) is 0.987. The monoisotopic (exact) mass is 177 g/mol. The SMILES string of the molecule is O=C(O)c1cccc2[c]scc12. The fourth-order valence-electron chi connectivity index (χ4n) is 1.12. The number of thiophene rings is 1. The first-order chi connectivity index (χ1) is 5.79. The first kappa shape index (κ1) is 7.31. The summed E-state index contributed by atoms with van der Waals surface area (Å²) >= 11 is 1.40. The molecule has 0 aliphatic carbocycles. The summed E-state index contributed by atoms with van der Waals surface area (Å²) in [6, 6.07) is 5.19. The topological polar surface area (TPSA) is 37.3 Å². The first-order valence-electron chi connectivity index (χ1n) is 3.40. The number of carbonyl (C=O) groups is 1. The van der Waals surface area contributed by atoms with Gasteiger partial charge in [0.15, 0.2) is 0 Å². The van der Waals surface area contributed by atoms with E-state index in [2.05, 4.69) is 5.38 Å². The summed E-state index contributed by atoms with van der Waals surface area (Å²) in [6.45, 7) is 0. The molecule has 2 nitrogen and oxygen atoms in total. The van der Waals surface area contributed by atoms with Crippen LogP contribution in [0, 0.1) is 5.38 Å². The minimum atomic E-state index is -0.882. The fraction of sp³-hybridized carbons (Fsp3) is 0. The molecule has 2 rings (SSSR count). The van der Waals surface area contributed by atoms with Crippen molar-refractivity contribution < 1.29 is 9.90 Å². The van der Waals surface area contributed by atoms with Crippen molar-refractivity contribution in [3.05, 3.63) is 34.5 Å². The number of hydrogen-bond donors (Lipinski definition) is 1. The molecule has 0 unspecified atom stereocenters. The number of benzene rings is 1. The van der Waals surface area contributed by atoms with Gasteiger partial charge in [-0.1, -0.05) is 12.1 Å². The highest BCUT2D eigenvalue weighted by atomic mass is 32.1. The smallest absolute Gasteiger partial charge is 0.336 e. The molecule has 0 aliphatic rings. The second-order valence-corrected chi connectivity index (χ2v) is 3.09. The predicted molar refractivity (Wildman–Crippen MR) is 47.6 cm³/mol. The number of fused-ring (bicyclic) bond motifs is 1. The Morgan fingerprint density at radius 2 is 2.33 bits per heavy atom. The van der Waals surface area contributed by atoms with Gasteiger partial charge in [-0.15, -0.1) is 11.3 Å². The highest BCUT2D eigenvalue weighted by molar-refractivity contribution is 7.08. The quantitative estimate of drug-likeness (QED) is 0.726. The van der Waals surface area contributed by atoms with Crippen molar-refractivity contribution in [2.45, 2.75) is 0 Å². The second-order valence-electron chi connectivity index (χ2n) is 2.41. The molecule has 0 saturated carbocycles. The molecule has 0 amide bonds. The molecule has 0 aliphatic heterocycles. The lowest BCUT2D eigenvalue weighted by Gasteiger charge is -1.94. The van der Waals surface area contributed by atoms with Crippen LogP contribution in [0.2, 0.25) is 0 Å². The Morgan fingerprint density at radius 3 is 3.08 bits per heavy atom. The standard InChI is InChI=1S/C9H5O2S/c10-9(11)7-3-1-2-6-4-12-5-8(6)7/h1-3,5H,(H,10,11). The largest absolute Gasteiger partial charge is 0.478 e. The van der Waals surface area contributed by atoms with E-state index in [-0.39, 0.29) is 0 Å². The van der Waals surface area contributed by atoms with Gasteiger partial charge in [0, 0.05) is 16.2 Å². The molecule has 0 atom stereocenters. The Labute approximate surface area is 73.1 Å². The van der Waals surface area contributed by atoms with Crippen LogP contribution in [-0.2, 0) is 0 Å². The van der Waals surface area contributed by atoms with Crippen molar-refractivity contribution >= 4 is 28.1 Å². The van der Waals surface area contributed by atoms with Gasteiger partial charge >= 0.3 is 5.97 Å². The van der Waals surface area contributed by atoms with Crippen LogP contribution in [0.5, 0.6) is 0 Å². The van der Waals surface area contributed by atoms with E-state index >= 15 is 0 Å². The van der Waals surface area contributed by atoms with E-state index in [1.165, 1.54) is 11.3 Å². The van der Waals surface area contributed by atoms with Crippen molar-refractivity contribution in [3.63, 3.8) is 0 Å². The molecular formula is C9H5O2S. The van der Waals surface area contributed by atoms with Crippen LogP contribution in [0.3, 0.4) is 0 Å². The molecule has 0 spiro atoms. The summed E-state index contributed by atoms with van der Waals surface area (Å²) in [5.74, 6) is -0.882. The van der Waals surface area contributed by atoms with Crippen LogP contribution in [0.4, 0.5) is 0 Å². The average molecular weight is 177 g/mol. The van der Waals surface area contributed by atoms with E-state index < -0.39 is 5.97 Å². The lowest BCUT2D eigenvalue weighted by atomic mass is 10.1. The molecule has 1 radical (unpaired) electrons. The van der Waals surface area contributed by atoms with Crippen molar-refractivity contribution in [1.82, 2.24) is 0 Å². The molecule has 0 bridgehead atoms. The zero-order chi connectivity index (χ0) is 8.55. The number of carboxylic acid groups (broad SMARTS) is 1. The second kappa shape index (κ2) is 2.60. The van der Waals surface area contributed by atoms with E-state index in [0.717, 1.165) is 10.8 Å². The van der Waals surface area contributed by atoms with Gasteiger partial charge in [0.2, 0.25) is 0 Å². The van der Waals surface area contributed by atoms with Crippen molar-refractivity contribution in [2.24, 2.45) is 0 Å². The Hall–Kier alpha value is -1.35. The Kier molecular flexibility index (Phi) is 1.59. The molecule has 0 fully saturated rings. The van der Waals surface area contributed by atoms with Crippen LogP contribution in [0.1, 0.15) is 10.4 Å². The van der Waals surface area contributed by atoms with Crippen LogP contribution in [-0.4, -0.2) is 11.1 Å². The Balaban J connectivity index is 2.82. The minimum absolute atomic E-state index is 0.352. The molecule has 1 aromatic heterocycles. The third-order valence-electron chi connectivity index (χ3n) is 1.68. The van der Waals surface area contributed by atoms with Gasteiger partial charge < -0.3 is 5.11 Å². The molecule has 12 heavy (non-hydrogen) atoms. The normalized spacial score (nSPS) is 10.3. The van der Waals surface area contributed by atoms with Gasteiger partial charge in [0.05, 0.1) is 10.9 Å². The zero-order valence-corrected chi connectivity index (χ0v) is 6.89. The third-order valence-corrected chi connectivity index (χ3v) is 2.37. The van der Waals surface area contributed by atoms with E-state index in [4.69, 9.17) is 5.11 Å². The van der Waals surface area contributed by atoms with E-state index in [0.29, 0.717) is 5.56 Å². The number of hydrogen-bond acceptors (Lipinski definition) is 2. The minimum Gasteiger partial charge on any atom is -0.478 e. The molecule has 1 N–H and O–H groups in total. The highest BCUT2D eigenvalue weighted by Crippen LogP contribution is 2.21. The maximum absolute atomic E-state index is 10.7. The predicted octanol–water partition coefficient (Wildman–Crippen LogP) is 2.40. The van der Waals surface area contributed by atoms with Crippen LogP contribution >= 0.6 is 11.3 Å². The number of aromatic carboxylic acids is 1. The van der Waals surface area contributed by atoms with Gasteiger partial charge in [-0.2, -0.15) is 0 Å². The molecular weight excluding hydrogens is 172 g/mol. The first-order valence-corrected chi connectivity index (χ1v) is 4.28. The van der Waals surface area contributed by atoms with Crippen LogP contribution in [0.25, 0.3) is 10.8 Å². The summed E-state index contributed by atoms with van der Waals surface area (Å²) in [5.41, 5.74) is 0.352. The summed E-state index contributed by atoms with van der Waals surface area (Å²) in [5, 5.41) is 15.2. The summed E-state index contributed by atoms with van der Waals surface area (Å²) < 4.78 is 0. The van der Waals surface area contributed by atoms with Crippen LogP contribution < -0.4 is 0 Å². The van der Waals surface area contributed by atoms with E-state index in [1.54, 1.807) is 17.5 Å². The maximum atomic E-state index is 10.7. The Morgan fingerprint density at radius 1 is 1.50 bits per heavy atom. The van der Waals surface area contributed by atoms with Gasteiger partial charge in [0.1, 0.15) is 0 Å². The van der Waals surface area contributed by atoms with Gasteiger partial charge in [-0.25, -0.2) is 4.79 Å². The molecule has 1 aromatic carbocycles. The van der Waals surface area contributed by atoms with Gasteiger partial charge in [0.25, 0.3) is 0 Å². The lowest BCUT2D eigenvalue weighted by Crippen LogP contribution is -1.95. The molecule has 0 saturated heterocycles. The summed E-state index contributed by atoms with van der Waals surface area (Å²) in [6.07, 6.45) is 0. The summed E-state index contributed by atoms with van der Waals surface area (Å²) in [7, 11) is 0. The van der Waals surface area contributed by atoms with E-state index in [1.807, 2.05) is 6.07 Å².